The summed E-state index contributed by atoms with van der Waals surface area (Å²) in [6.07, 6.45) is 0. The van der Waals surface area contributed by atoms with Crippen LogP contribution in [0.4, 0.5) is 13.2 Å². The summed E-state index contributed by atoms with van der Waals surface area (Å²) in [6.45, 7) is -0.920. The van der Waals surface area contributed by atoms with Crippen molar-refractivity contribution in [2.75, 3.05) is 18.9 Å². The number of nitrogens with one attached hydrogen (secondary N) is 1. The molecule has 0 aliphatic rings. The van der Waals surface area contributed by atoms with Gasteiger partial charge in [-0.2, -0.15) is 0 Å². The average molecular weight is 421 g/mol. The van der Waals surface area contributed by atoms with Gasteiger partial charge in [0.05, 0.1) is 4.90 Å². The van der Waals surface area contributed by atoms with Gasteiger partial charge in [-0.05, 0) is 36.4 Å². The SMILES string of the molecule is O=C(O)COc1c(F)cc(SCCNS(=O)(=O)c2ccc(F)cc2)cc1F. The van der Waals surface area contributed by atoms with Gasteiger partial charge in [-0.15, -0.1) is 11.8 Å². The van der Waals surface area contributed by atoms with Crippen LogP contribution in [-0.4, -0.2) is 38.4 Å². The number of aliphatic carboxylic acids is 1. The maximum Gasteiger partial charge on any atom is 0.341 e. The Hall–Kier alpha value is -2.24. The van der Waals surface area contributed by atoms with E-state index in [1.807, 2.05) is 0 Å². The number of ether oxygens (including phenoxy) is 1. The molecule has 146 valence electrons. The van der Waals surface area contributed by atoms with E-state index in [4.69, 9.17) is 5.11 Å². The van der Waals surface area contributed by atoms with Crippen molar-refractivity contribution in [1.29, 1.82) is 0 Å². The second kappa shape index (κ2) is 9.11. The molecule has 0 heterocycles. The highest BCUT2D eigenvalue weighted by Crippen LogP contribution is 2.28. The lowest BCUT2D eigenvalue weighted by Crippen LogP contribution is -2.26. The van der Waals surface area contributed by atoms with Gasteiger partial charge in [-0.3, -0.25) is 0 Å². The van der Waals surface area contributed by atoms with Crippen LogP contribution < -0.4 is 9.46 Å². The third-order valence-corrected chi connectivity index (χ3v) is 5.55. The number of rotatable bonds is 9. The molecule has 2 N–H and O–H groups in total. The highest BCUT2D eigenvalue weighted by atomic mass is 32.2. The van der Waals surface area contributed by atoms with Crippen molar-refractivity contribution in [1.82, 2.24) is 4.72 Å². The van der Waals surface area contributed by atoms with E-state index in [1.54, 1.807) is 0 Å². The van der Waals surface area contributed by atoms with Gasteiger partial charge in [0.2, 0.25) is 10.0 Å². The lowest BCUT2D eigenvalue weighted by molar-refractivity contribution is -0.139. The lowest BCUT2D eigenvalue weighted by Gasteiger charge is -2.09. The molecule has 6 nitrogen and oxygen atoms in total. The van der Waals surface area contributed by atoms with Crippen molar-refractivity contribution in [3.8, 4) is 5.75 Å². The van der Waals surface area contributed by atoms with Gasteiger partial charge in [0.25, 0.3) is 0 Å². The van der Waals surface area contributed by atoms with E-state index in [2.05, 4.69) is 9.46 Å². The number of carbonyl (C=O) groups is 1. The number of halogens is 3. The van der Waals surface area contributed by atoms with E-state index in [-0.39, 0.29) is 22.1 Å². The average Bonchev–Trinajstić information content (AvgIpc) is 2.58. The Labute approximate surface area is 157 Å². The van der Waals surface area contributed by atoms with Crippen molar-refractivity contribution in [3.05, 3.63) is 53.8 Å². The summed E-state index contributed by atoms with van der Waals surface area (Å²) in [6, 6.07) is 6.18. The molecule has 0 aromatic heterocycles. The Bertz CT molecular complexity index is 897. The fourth-order valence-corrected chi connectivity index (χ4v) is 3.91. The van der Waals surface area contributed by atoms with Crippen LogP contribution in [0.3, 0.4) is 0 Å². The summed E-state index contributed by atoms with van der Waals surface area (Å²) in [5.74, 6) is -4.70. The monoisotopic (exact) mass is 421 g/mol. The van der Waals surface area contributed by atoms with Crippen molar-refractivity contribution >= 4 is 27.8 Å². The third kappa shape index (κ3) is 6.15. The first-order valence-corrected chi connectivity index (χ1v) is 9.87. The van der Waals surface area contributed by atoms with Gasteiger partial charge >= 0.3 is 5.97 Å². The molecule has 0 saturated heterocycles. The molecule has 2 aromatic rings. The van der Waals surface area contributed by atoms with Crippen molar-refractivity contribution in [2.24, 2.45) is 0 Å². The first-order chi connectivity index (χ1) is 12.7. The second-order valence-corrected chi connectivity index (χ2v) is 8.03. The van der Waals surface area contributed by atoms with E-state index < -0.39 is 45.8 Å². The standard InChI is InChI=1S/C16H14F3NO5S2/c17-10-1-3-12(4-2-10)27(23,24)20-5-6-26-11-7-13(18)16(14(19)8-11)25-9-15(21)22/h1-4,7-8,20H,5-6,9H2,(H,21,22). The van der Waals surface area contributed by atoms with Gasteiger partial charge in [-0.25, -0.2) is 31.1 Å². The molecule has 0 fully saturated rings. The quantitative estimate of drug-likeness (QED) is 0.478. The Morgan fingerprint density at radius 1 is 1.11 bits per heavy atom. The van der Waals surface area contributed by atoms with Crippen LogP contribution in [0.25, 0.3) is 0 Å². The molecular formula is C16H14F3NO5S2. The first kappa shape index (κ1) is 21.1. The van der Waals surface area contributed by atoms with Crippen LogP contribution in [0.5, 0.6) is 5.75 Å². The molecule has 0 aliphatic heterocycles. The summed E-state index contributed by atoms with van der Waals surface area (Å²) in [4.78, 5) is 10.5. The fourth-order valence-electron chi connectivity index (χ4n) is 1.93. The first-order valence-electron chi connectivity index (χ1n) is 7.41. The summed E-state index contributed by atoms with van der Waals surface area (Å²) in [5.41, 5.74) is 0. The Morgan fingerprint density at radius 3 is 2.26 bits per heavy atom. The molecule has 2 aromatic carbocycles. The molecule has 0 atom stereocenters. The van der Waals surface area contributed by atoms with Crippen LogP contribution >= 0.6 is 11.8 Å². The van der Waals surface area contributed by atoms with Gasteiger partial charge in [0.1, 0.15) is 5.82 Å². The molecule has 27 heavy (non-hydrogen) atoms. The fraction of sp³-hybridized carbons (Fsp3) is 0.188. The summed E-state index contributed by atoms with van der Waals surface area (Å²) in [5, 5.41) is 8.47. The number of carboxylic acids is 1. The van der Waals surface area contributed by atoms with Crippen molar-refractivity contribution < 1.29 is 36.2 Å². The largest absolute Gasteiger partial charge is 0.479 e. The smallest absolute Gasteiger partial charge is 0.341 e. The predicted molar refractivity (Wildman–Crippen MR) is 91.8 cm³/mol. The van der Waals surface area contributed by atoms with E-state index in [0.717, 1.165) is 48.2 Å². The van der Waals surface area contributed by atoms with Crippen molar-refractivity contribution in [3.63, 3.8) is 0 Å². The summed E-state index contributed by atoms with van der Waals surface area (Å²) in [7, 11) is -3.82. The molecule has 2 rings (SSSR count). The van der Waals surface area contributed by atoms with Gasteiger partial charge in [-0.1, -0.05) is 0 Å². The zero-order valence-corrected chi connectivity index (χ0v) is 15.2. The van der Waals surface area contributed by atoms with E-state index in [1.165, 1.54) is 0 Å². The molecule has 0 radical (unpaired) electrons. The van der Waals surface area contributed by atoms with Crippen LogP contribution in [0.15, 0.2) is 46.2 Å². The second-order valence-electron chi connectivity index (χ2n) is 5.10. The van der Waals surface area contributed by atoms with Gasteiger partial charge in [0.15, 0.2) is 24.0 Å². The minimum absolute atomic E-state index is 0.0368. The maximum atomic E-state index is 13.8. The highest BCUT2D eigenvalue weighted by Gasteiger charge is 2.16. The maximum absolute atomic E-state index is 13.8. The minimum atomic E-state index is -3.82. The summed E-state index contributed by atoms with van der Waals surface area (Å²) >= 11 is 0.981. The Morgan fingerprint density at radius 2 is 1.70 bits per heavy atom. The third-order valence-electron chi connectivity index (χ3n) is 3.10. The normalized spacial score (nSPS) is 11.4. The molecule has 0 saturated carbocycles. The molecule has 0 aliphatic carbocycles. The van der Waals surface area contributed by atoms with Crippen LogP contribution in [0.1, 0.15) is 0 Å². The number of sulfonamides is 1. The number of hydrogen-bond donors (Lipinski definition) is 2. The molecule has 0 spiro atoms. The molecule has 0 unspecified atom stereocenters. The highest BCUT2D eigenvalue weighted by molar-refractivity contribution is 7.99. The summed E-state index contributed by atoms with van der Waals surface area (Å²) < 4.78 is 71.3. The molecule has 11 heteroatoms. The number of thioether (sulfide) groups is 1. The van der Waals surface area contributed by atoms with Crippen LogP contribution in [0, 0.1) is 17.5 Å². The van der Waals surface area contributed by atoms with Gasteiger partial charge in [0, 0.05) is 17.2 Å². The topological polar surface area (TPSA) is 92.7 Å². The predicted octanol–water partition coefficient (Wildman–Crippen LogP) is 2.64. The number of carboxylic acid groups (broad SMARTS) is 1. The molecule has 0 amide bonds. The number of hydrogen-bond acceptors (Lipinski definition) is 5. The lowest BCUT2D eigenvalue weighted by atomic mass is 10.3. The molecular weight excluding hydrogens is 407 g/mol. The molecule has 0 bridgehead atoms. The van der Waals surface area contributed by atoms with E-state index in [0.29, 0.717) is 0 Å². The van der Waals surface area contributed by atoms with Crippen LogP contribution in [-0.2, 0) is 14.8 Å². The zero-order chi connectivity index (χ0) is 20.0. The van der Waals surface area contributed by atoms with Crippen LogP contribution in [0.2, 0.25) is 0 Å². The number of benzene rings is 2. The Balaban J connectivity index is 1.91. The Kier molecular flexibility index (Phi) is 7.11. The van der Waals surface area contributed by atoms with E-state index >= 15 is 0 Å². The minimum Gasteiger partial charge on any atom is -0.479 e. The van der Waals surface area contributed by atoms with E-state index in [9.17, 15) is 26.4 Å². The zero-order valence-electron chi connectivity index (χ0n) is 13.6. The van der Waals surface area contributed by atoms with Crippen molar-refractivity contribution in [2.45, 2.75) is 9.79 Å². The van der Waals surface area contributed by atoms with Gasteiger partial charge < -0.3 is 9.84 Å².